The third-order valence-corrected chi connectivity index (χ3v) is 4.10. The Kier molecular flexibility index (Phi) is 6.11. The Hall–Kier alpha value is -3.12. The molecule has 0 bridgehead atoms. The van der Waals surface area contributed by atoms with E-state index >= 15 is 0 Å². The summed E-state index contributed by atoms with van der Waals surface area (Å²) in [5.41, 5.74) is 2.12. The molecule has 0 aliphatic heterocycles. The van der Waals surface area contributed by atoms with Gasteiger partial charge in [0.1, 0.15) is 6.26 Å². The zero-order valence-corrected chi connectivity index (χ0v) is 16.3. The fraction of sp³-hybridized carbons (Fsp3) is 0.190. The van der Waals surface area contributed by atoms with E-state index in [9.17, 15) is 9.59 Å². The van der Waals surface area contributed by atoms with Crippen LogP contribution in [0.4, 0.5) is 5.69 Å². The number of rotatable bonds is 6. The summed E-state index contributed by atoms with van der Waals surface area (Å²) in [7, 11) is 0. The van der Waals surface area contributed by atoms with Crippen LogP contribution in [0.25, 0.3) is 11.5 Å². The van der Waals surface area contributed by atoms with Crippen molar-refractivity contribution in [2.24, 2.45) is 0 Å². The lowest BCUT2D eigenvalue weighted by Crippen LogP contribution is -2.31. The zero-order chi connectivity index (χ0) is 20.1. The van der Waals surface area contributed by atoms with Crippen LogP contribution in [0, 0.1) is 0 Å². The monoisotopic (exact) mass is 397 g/mol. The van der Waals surface area contributed by atoms with E-state index in [2.05, 4.69) is 15.6 Å². The Morgan fingerprint density at radius 3 is 2.54 bits per heavy atom. The molecule has 1 aromatic heterocycles. The quantitative estimate of drug-likeness (QED) is 0.649. The molecular formula is C21H20ClN3O3. The van der Waals surface area contributed by atoms with Crippen LogP contribution in [0.3, 0.4) is 0 Å². The third kappa shape index (κ3) is 4.98. The zero-order valence-electron chi connectivity index (χ0n) is 15.5. The summed E-state index contributed by atoms with van der Waals surface area (Å²) in [4.78, 5) is 29.1. The second kappa shape index (κ2) is 8.71. The topological polar surface area (TPSA) is 84.2 Å². The summed E-state index contributed by atoms with van der Waals surface area (Å²) in [5, 5.41) is 6.21. The van der Waals surface area contributed by atoms with Crippen LogP contribution >= 0.6 is 11.6 Å². The summed E-state index contributed by atoms with van der Waals surface area (Å²) in [6.07, 6.45) is 1.47. The van der Waals surface area contributed by atoms with Gasteiger partial charge in [-0.05, 0) is 50.2 Å². The Labute approximate surface area is 167 Å². The van der Waals surface area contributed by atoms with E-state index < -0.39 is 0 Å². The minimum absolute atomic E-state index is 0.00215. The van der Waals surface area contributed by atoms with Crippen LogP contribution in [0.15, 0.2) is 59.2 Å². The van der Waals surface area contributed by atoms with Crippen molar-refractivity contribution in [2.75, 3.05) is 5.32 Å². The SMILES string of the molecule is CC(C)NC(=O)c1ccccc1NC(=O)Cc1coc(-c2ccc(Cl)cc2)n1. The molecule has 0 spiro atoms. The molecule has 0 aliphatic carbocycles. The molecule has 2 amide bonds. The Balaban J connectivity index is 1.68. The van der Waals surface area contributed by atoms with E-state index in [0.717, 1.165) is 5.56 Å². The number of hydrogen-bond donors (Lipinski definition) is 2. The van der Waals surface area contributed by atoms with Crippen molar-refractivity contribution in [1.29, 1.82) is 0 Å². The second-order valence-corrected chi connectivity index (χ2v) is 6.99. The van der Waals surface area contributed by atoms with Crippen LogP contribution in [-0.2, 0) is 11.2 Å². The van der Waals surface area contributed by atoms with Gasteiger partial charge in [-0.1, -0.05) is 23.7 Å². The Bertz CT molecular complexity index is 981. The van der Waals surface area contributed by atoms with E-state index in [1.54, 1.807) is 48.5 Å². The molecule has 1 heterocycles. The Morgan fingerprint density at radius 2 is 1.82 bits per heavy atom. The summed E-state index contributed by atoms with van der Waals surface area (Å²) < 4.78 is 5.45. The molecule has 3 rings (SSSR count). The lowest BCUT2D eigenvalue weighted by atomic mass is 10.1. The van der Waals surface area contributed by atoms with Gasteiger partial charge in [-0.25, -0.2) is 4.98 Å². The van der Waals surface area contributed by atoms with Gasteiger partial charge >= 0.3 is 0 Å². The van der Waals surface area contributed by atoms with Crippen LogP contribution in [-0.4, -0.2) is 22.8 Å². The maximum absolute atomic E-state index is 12.4. The first-order valence-corrected chi connectivity index (χ1v) is 9.20. The van der Waals surface area contributed by atoms with Crippen molar-refractivity contribution in [2.45, 2.75) is 26.3 Å². The van der Waals surface area contributed by atoms with Crippen molar-refractivity contribution in [3.05, 3.63) is 71.1 Å². The molecule has 7 heteroatoms. The molecule has 144 valence electrons. The average molecular weight is 398 g/mol. The number of oxazole rings is 1. The van der Waals surface area contributed by atoms with Gasteiger partial charge in [0.15, 0.2) is 0 Å². The number of amides is 2. The number of para-hydroxylation sites is 1. The number of carbonyl (C=O) groups is 2. The average Bonchev–Trinajstić information content (AvgIpc) is 3.10. The number of anilines is 1. The highest BCUT2D eigenvalue weighted by atomic mass is 35.5. The molecule has 0 fully saturated rings. The molecule has 0 atom stereocenters. The number of aromatic nitrogens is 1. The molecule has 0 unspecified atom stereocenters. The van der Waals surface area contributed by atoms with Gasteiger partial charge < -0.3 is 15.1 Å². The number of carbonyl (C=O) groups excluding carboxylic acids is 2. The minimum atomic E-state index is -0.291. The van der Waals surface area contributed by atoms with Gasteiger partial charge in [0.05, 0.1) is 23.4 Å². The first-order valence-electron chi connectivity index (χ1n) is 8.82. The maximum atomic E-state index is 12.4. The summed E-state index contributed by atoms with van der Waals surface area (Å²) in [6.45, 7) is 3.75. The van der Waals surface area contributed by atoms with Crippen molar-refractivity contribution in [3.8, 4) is 11.5 Å². The maximum Gasteiger partial charge on any atom is 0.253 e. The number of hydrogen-bond acceptors (Lipinski definition) is 4. The summed E-state index contributed by atoms with van der Waals surface area (Å²) in [6, 6.07) is 13.9. The number of benzene rings is 2. The van der Waals surface area contributed by atoms with Crippen molar-refractivity contribution in [1.82, 2.24) is 10.3 Å². The van der Waals surface area contributed by atoms with E-state index in [0.29, 0.717) is 27.9 Å². The largest absolute Gasteiger partial charge is 0.444 e. The summed E-state index contributed by atoms with van der Waals surface area (Å²) in [5.74, 6) is -0.116. The van der Waals surface area contributed by atoms with Gasteiger partial charge in [-0.3, -0.25) is 9.59 Å². The highest BCUT2D eigenvalue weighted by molar-refractivity contribution is 6.30. The van der Waals surface area contributed by atoms with E-state index in [1.165, 1.54) is 6.26 Å². The number of halogens is 1. The first-order chi connectivity index (χ1) is 13.4. The third-order valence-electron chi connectivity index (χ3n) is 3.85. The Morgan fingerprint density at radius 1 is 1.11 bits per heavy atom. The van der Waals surface area contributed by atoms with Gasteiger partial charge in [0.2, 0.25) is 11.8 Å². The fourth-order valence-corrected chi connectivity index (χ4v) is 2.73. The molecule has 2 aromatic carbocycles. The van der Waals surface area contributed by atoms with Crippen molar-refractivity contribution < 1.29 is 14.0 Å². The molecule has 0 saturated heterocycles. The molecule has 3 aromatic rings. The van der Waals surface area contributed by atoms with Crippen LogP contribution in [0.2, 0.25) is 5.02 Å². The summed E-state index contributed by atoms with van der Waals surface area (Å²) >= 11 is 5.88. The standard InChI is InChI=1S/C21H20ClN3O3/c1-13(2)23-20(27)17-5-3-4-6-18(17)25-19(26)11-16-12-28-21(24-16)14-7-9-15(22)10-8-14/h3-10,12-13H,11H2,1-2H3,(H,23,27)(H,25,26). The number of nitrogens with one attached hydrogen (secondary N) is 2. The van der Waals surface area contributed by atoms with Gasteiger partial charge in [-0.2, -0.15) is 0 Å². The predicted molar refractivity (Wildman–Crippen MR) is 108 cm³/mol. The number of nitrogens with zero attached hydrogens (tertiary/aromatic N) is 1. The normalized spacial score (nSPS) is 10.7. The first kappa shape index (κ1) is 19.6. The molecule has 0 aliphatic rings. The molecular weight excluding hydrogens is 378 g/mol. The van der Waals surface area contributed by atoms with Gasteiger partial charge in [-0.15, -0.1) is 0 Å². The van der Waals surface area contributed by atoms with Crippen LogP contribution in [0.5, 0.6) is 0 Å². The smallest absolute Gasteiger partial charge is 0.253 e. The predicted octanol–water partition coefficient (Wildman–Crippen LogP) is 4.31. The molecule has 0 radical (unpaired) electrons. The van der Waals surface area contributed by atoms with E-state index in [-0.39, 0.29) is 24.3 Å². The van der Waals surface area contributed by atoms with Crippen molar-refractivity contribution >= 4 is 29.1 Å². The molecule has 2 N–H and O–H groups in total. The second-order valence-electron chi connectivity index (χ2n) is 6.55. The highest BCUT2D eigenvalue weighted by Crippen LogP contribution is 2.21. The minimum Gasteiger partial charge on any atom is -0.444 e. The lowest BCUT2D eigenvalue weighted by molar-refractivity contribution is -0.115. The molecule has 28 heavy (non-hydrogen) atoms. The molecule has 0 saturated carbocycles. The lowest BCUT2D eigenvalue weighted by Gasteiger charge is -2.12. The van der Waals surface area contributed by atoms with E-state index in [1.807, 2.05) is 13.8 Å². The van der Waals surface area contributed by atoms with Crippen LogP contribution in [0.1, 0.15) is 29.9 Å². The molecule has 6 nitrogen and oxygen atoms in total. The fourth-order valence-electron chi connectivity index (χ4n) is 2.60. The van der Waals surface area contributed by atoms with Crippen molar-refractivity contribution in [3.63, 3.8) is 0 Å². The van der Waals surface area contributed by atoms with Crippen LogP contribution < -0.4 is 10.6 Å². The highest BCUT2D eigenvalue weighted by Gasteiger charge is 2.15. The van der Waals surface area contributed by atoms with Gasteiger partial charge in [0.25, 0.3) is 5.91 Å². The van der Waals surface area contributed by atoms with E-state index in [4.69, 9.17) is 16.0 Å². The van der Waals surface area contributed by atoms with Gasteiger partial charge in [0, 0.05) is 16.6 Å².